The number of ether oxygens (including phenoxy) is 4. The summed E-state index contributed by atoms with van der Waals surface area (Å²) >= 11 is 0. The van der Waals surface area contributed by atoms with Gasteiger partial charge in [-0.1, -0.05) is 44.2 Å². The summed E-state index contributed by atoms with van der Waals surface area (Å²) in [6, 6.07) is 11.5. The van der Waals surface area contributed by atoms with E-state index in [2.05, 4.69) is 52.1 Å². The molecule has 5 aliphatic heterocycles. The Kier molecular flexibility index (Phi) is 8.99. The number of rotatable bonds is 7. The van der Waals surface area contributed by atoms with Crippen molar-refractivity contribution in [2.24, 2.45) is 11.3 Å². The van der Waals surface area contributed by atoms with Gasteiger partial charge in [0.05, 0.1) is 33.0 Å². The maximum absolute atomic E-state index is 15.3. The molecule has 6 heterocycles. The number of methoxy groups -OCH3 is 4. The number of hydrogen-bond acceptors (Lipinski definition) is 11. The largest absolute Gasteiger partial charge is 0.496 e. The van der Waals surface area contributed by atoms with Gasteiger partial charge in [-0.15, -0.1) is 0 Å². The molecular weight excluding hydrogens is 725 g/mol. The molecule has 2 saturated heterocycles. The number of aromatic amines is 1. The third-order valence-electron chi connectivity index (χ3n) is 15.6. The van der Waals surface area contributed by atoms with E-state index in [0.717, 1.165) is 59.6 Å². The first-order valence-corrected chi connectivity index (χ1v) is 20.7. The Hall–Kier alpha value is -3.94. The van der Waals surface area contributed by atoms with Gasteiger partial charge in [0.2, 0.25) is 5.60 Å². The summed E-state index contributed by atoms with van der Waals surface area (Å²) < 4.78 is 24.1. The first-order chi connectivity index (χ1) is 27.4. The van der Waals surface area contributed by atoms with Crippen molar-refractivity contribution in [2.75, 3.05) is 73.1 Å². The standard InChI is InChI=1S/C45H58N4O8/c1-8-41(52)23-27-24-44(39(50)56-6,35-29(15-19-48(25-27)26-41)28-13-10-11-14-32(28)46-35)31-21-30-33(22-34(31)54-4)47(3)37-43(30)17-20-49-18-12-16-42(9-2,36(43)49)38(55-5)45(37,53)40(51)57-7/h10-14,16,21-22,27,36-38,46,52-53H,8-9,15,17-20,23-26H2,1-7H3/t27?,36?,37?,38-,41+,42-,43?,44+,45+/m1/s1. The summed E-state index contributed by atoms with van der Waals surface area (Å²) in [5, 5.41) is 26.2. The smallest absolute Gasteiger partial charge is 0.342 e. The molecule has 0 radical (unpaired) electrons. The molecular formula is C45H58N4O8. The quantitative estimate of drug-likeness (QED) is 0.237. The number of benzene rings is 2. The molecule has 9 rings (SSSR count). The summed E-state index contributed by atoms with van der Waals surface area (Å²) in [5.41, 5.74) is -0.635. The normalized spacial score (nSPS) is 38.0. The zero-order chi connectivity index (χ0) is 40.3. The van der Waals surface area contributed by atoms with E-state index in [0.29, 0.717) is 56.4 Å². The highest BCUT2D eigenvalue weighted by molar-refractivity contribution is 5.95. The van der Waals surface area contributed by atoms with E-state index in [4.69, 9.17) is 18.9 Å². The van der Waals surface area contributed by atoms with Gasteiger partial charge >= 0.3 is 11.9 Å². The highest BCUT2D eigenvalue weighted by Crippen LogP contribution is 2.68. The number of carbonyl (C=O) groups excluding carboxylic acids is 2. The van der Waals surface area contributed by atoms with Gasteiger partial charge in [0.25, 0.3) is 0 Å². The van der Waals surface area contributed by atoms with Crippen LogP contribution in [0.25, 0.3) is 10.9 Å². The van der Waals surface area contributed by atoms with Crippen molar-refractivity contribution < 1.29 is 38.7 Å². The van der Waals surface area contributed by atoms with Crippen molar-refractivity contribution in [2.45, 2.75) is 92.6 Å². The first kappa shape index (κ1) is 38.6. The maximum Gasteiger partial charge on any atom is 0.342 e. The van der Waals surface area contributed by atoms with Gasteiger partial charge in [-0.25, -0.2) is 4.79 Å². The number of piperidine rings is 1. The summed E-state index contributed by atoms with van der Waals surface area (Å²) in [6.07, 6.45) is 6.88. The van der Waals surface area contributed by atoms with Gasteiger partial charge in [0, 0.05) is 91.1 Å². The van der Waals surface area contributed by atoms with E-state index in [1.54, 1.807) is 14.2 Å². The molecule has 10 atom stereocenters. The number of anilines is 1. The Morgan fingerprint density at radius 1 is 0.947 bits per heavy atom. The molecule has 12 heteroatoms. The predicted octanol–water partition coefficient (Wildman–Crippen LogP) is 4.07. The van der Waals surface area contributed by atoms with Crippen molar-refractivity contribution in [1.29, 1.82) is 0 Å². The lowest BCUT2D eigenvalue weighted by Crippen LogP contribution is -2.81. The van der Waals surface area contributed by atoms with E-state index in [1.807, 2.05) is 37.1 Å². The number of esters is 2. The fraction of sp³-hybridized carbons (Fsp3) is 0.600. The fourth-order valence-electron chi connectivity index (χ4n) is 13.5. The van der Waals surface area contributed by atoms with Crippen LogP contribution in [0.5, 0.6) is 5.75 Å². The number of nitrogens with one attached hydrogen (secondary N) is 1. The van der Waals surface area contributed by atoms with Gasteiger partial charge in [-0.3, -0.25) is 14.6 Å². The lowest BCUT2D eigenvalue weighted by Gasteiger charge is -2.63. The number of likely N-dealkylation sites (N-methyl/N-ethyl adjacent to an activating group) is 1. The van der Waals surface area contributed by atoms with Crippen molar-refractivity contribution in [3.05, 3.63) is 70.9 Å². The number of nitrogens with zero attached hydrogens (tertiary/aromatic N) is 3. The number of fused-ring (bicyclic) bond motifs is 6. The molecule has 1 aromatic heterocycles. The highest BCUT2D eigenvalue weighted by atomic mass is 16.6. The molecule has 2 aromatic carbocycles. The van der Waals surface area contributed by atoms with Crippen LogP contribution in [0.15, 0.2) is 48.6 Å². The third-order valence-corrected chi connectivity index (χ3v) is 15.6. The van der Waals surface area contributed by atoms with Crippen LogP contribution in [-0.2, 0) is 41.1 Å². The first-order valence-electron chi connectivity index (χ1n) is 20.7. The zero-order valence-electron chi connectivity index (χ0n) is 34.4. The Balaban J connectivity index is 1.37. The number of para-hydroxylation sites is 1. The van der Waals surface area contributed by atoms with Crippen LogP contribution in [-0.4, -0.2) is 135 Å². The highest BCUT2D eigenvalue weighted by Gasteiger charge is 2.79. The fourth-order valence-corrected chi connectivity index (χ4v) is 13.5. The van der Waals surface area contributed by atoms with E-state index in [-0.39, 0.29) is 12.0 Å². The van der Waals surface area contributed by atoms with Crippen LogP contribution < -0.4 is 9.64 Å². The Morgan fingerprint density at radius 2 is 1.72 bits per heavy atom. The average Bonchev–Trinajstić information content (AvgIpc) is 3.88. The summed E-state index contributed by atoms with van der Waals surface area (Å²) in [7, 11) is 7.93. The average molecular weight is 783 g/mol. The van der Waals surface area contributed by atoms with E-state index < -0.39 is 51.5 Å². The minimum Gasteiger partial charge on any atom is -0.496 e. The summed E-state index contributed by atoms with van der Waals surface area (Å²) in [4.78, 5) is 40.2. The molecule has 5 unspecified atom stereocenters. The second-order valence-electron chi connectivity index (χ2n) is 17.8. The lowest BCUT2D eigenvalue weighted by molar-refractivity contribution is -0.225. The molecule has 306 valence electrons. The molecule has 3 fully saturated rings. The van der Waals surface area contributed by atoms with Gasteiger partial charge < -0.3 is 39.0 Å². The number of carbonyl (C=O) groups is 2. The van der Waals surface area contributed by atoms with Crippen LogP contribution in [0.2, 0.25) is 0 Å². The second kappa shape index (κ2) is 13.3. The van der Waals surface area contributed by atoms with Gasteiger partial charge in [-0.05, 0) is 74.2 Å². The maximum atomic E-state index is 15.3. The topological polar surface area (TPSA) is 137 Å². The second-order valence-corrected chi connectivity index (χ2v) is 17.8. The van der Waals surface area contributed by atoms with E-state index in [9.17, 15) is 15.0 Å². The van der Waals surface area contributed by atoms with Crippen molar-refractivity contribution in [3.8, 4) is 5.75 Å². The Morgan fingerprint density at radius 3 is 2.42 bits per heavy atom. The molecule has 0 amide bonds. The van der Waals surface area contributed by atoms with E-state index in [1.165, 1.54) is 14.2 Å². The molecule has 3 N–H and O–H groups in total. The number of aliphatic hydroxyl groups is 2. The van der Waals surface area contributed by atoms with Crippen molar-refractivity contribution in [3.63, 3.8) is 0 Å². The van der Waals surface area contributed by atoms with Crippen molar-refractivity contribution in [1.82, 2.24) is 14.8 Å². The molecule has 1 aliphatic carbocycles. The number of H-pyrrole nitrogens is 1. The molecule has 57 heavy (non-hydrogen) atoms. The molecule has 1 spiro atoms. The monoisotopic (exact) mass is 782 g/mol. The minimum absolute atomic E-state index is 0.0635. The van der Waals surface area contributed by atoms with Crippen LogP contribution in [0.3, 0.4) is 0 Å². The molecule has 2 bridgehead atoms. The Labute approximate surface area is 335 Å². The SMILES string of the molecule is CC[C@]1(O)CC2CN(CCc3c([nH]c4ccccc34)[C@@](C(=O)OC)(c3cc4c(cc3OC)N(C)C3C45CCN4CC=C[C@](CC)(C45)[C@@H](OC)[C@]3(O)C(=O)OC)C2)C1. The lowest BCUT2D eigenvalue weighted by atomic mass is 9.47. The molecule has 3 aromatic rings. The minimum atomic E-state index is -2.06. The van der Waals surface area contributed by atoms with Crippen LogP contribution in [0.1, 0.15) is 68.3 Å². The molecule has 1 saturated carbocycles. The van der Waals surface area contributed by atoms with Crippen LogP contribution >= 0.6 is 0 Å². The summed E-state index contributed by atoms with van der Waals surface area (Å²) in [6.45, 7) is 7.68. The Bertz CT molecular complexity index is 2150. The third kappa shape index (κ3) is 4.85. The molecule has 12 nitrogen and oxygen atoms in total. The number of aromatic nitrogens is 1. The van der Waals surface area contributed by atoms with Crippen LogP contribution in [0, 0.1) is 11.3 Å². The van der Waals surface area contributed by atoms with Gasteiger partial charge in [0.1, 0.15) is 17.3 Å². The van der Waals surface area contributed by atoms with Gasteiger partial charge in [0.15, 0.2) is 0 Å². The van der Waals surface area contributed by atoms with Crippen molar-refractivity contribution >= 4 is 28.5 Å². The number of hydrogen-bond donors (Lipinski definition) is 3. The van der Waals surface area contributed by atoms with Crippen LogP contribution in [0.4, 0.5) is 5.69 Å². The zero-order valence-corrected chi connectivity index (χ0v) is 34.4. The van der Waals surface area contributed by atoms with Gasteiger partial charge in [-0.2, -0.15) is 0 Å². The summed E-state index contributed by atoms with van der Waals surface area (Å²) in [5.74, 6) is -0.692. The molecule has 6 aliphatic rings. The van der Waals surface area contributed by atoms with E-state index >= 15 is 4.79 Å². The predicted molar refractivity (Wildman–Crippen MR) is 216 cm³/mol.